The van der Waals surface area contributed by atoms with E-state index >= 15 is 0 Å². The Labute approximate surface area is 101 Å². The summed E-state index contributed by atoms with van der Waals surface area (Å²) in [6, 6.07) is 10.4. The lowest BCUT2D eigenvalue weighted by Crippen LogP contribution is -2.22. The van der Waals surface area contributed by atoms with Crippen LogP contribution in [0.25, 0.3) is 0 Å². The lowest BCUT2D eigenvalue weighted by Gasteiger charge is -2.13. The Balaban J connectivity index is 2.27. The molecule has 0 amide bonds. The van der Waals surface area contributed by atoms with Gasteiger partial charge in [0.05, 0.1) is 18.3 Å². The van der Waals surface area contributed by atoms with Gasteiger partial charge in [-0.25, -0.2) is 0 Å². The highest BCUT2D eigenvalue weighted by Gasteiger charge is 2.56. The van der Waals surface area contributed by atoms with E-state index in [2.05, 4.69) is 31.3 Å². The number of likely N-dealkylation sites (N-methyl/N-ethyl adjacent to an activating group) is 1. The summed E-state index contributed by atoms with van der Waals surface area (Å²) >= 11 is 10.6. The van der Waals surface area contributed by atoms with Gasteiger partial charge in [0.15, 0.2) is 17.3 Å². The van der Waals surface area contributed by atoms with E-state index in [4.69, 9.17) is 15.8 Å². The Bertz CT molecular complexity index is 349. The van der Waals surface area contributed by atoms with Crippen molar-refractivity contribution in [1.29, 1.82) is 0 Å². The molecule has 1 aromatic carbocycles. The predicted molar refractivity (Wildman–Crippen MR) is 69.3 cm³/mol. The molecular formula is C10H14ClNOPS+. The van der Waals surface area contributed by atoms with Gasteiger partial charge in [0, 0.05) is 7.05 Å². The quantitative estimate of drug-likeness (QED) is 0.608. The summed E-state index contributed by atoms with van der Waals surface area (Å²) in [7, 11) is 1.96. The van der Waals surface area contributed by atoms with Gasteiger partial charge in [-0.3, -0.25) is 0 Å². The van der Waals surface area contributed by atoms with Crippen LogP contribution in [-0.2, 0) is 4.52 Å². The first-order valence-corrected chi connectivity index (χ1v) is 8.52. The van der Waals surface area contributed by atoms with E-state index in [9.17, 15) is 0 Å². The maximum Gasteiger partial charge on any atom is 0.373 e. The van der Waals surface area contributed by atoms with Crippen LogP contribution in [0.4, 0.5) is 0 Å². The third kappa shape index (κ3) is 2.17. The number of rotatable bonds is 1. The van der Waals surface area contributed by atoms with Crippen molar-refractivity contribution in [2.75, 3.05) is 7.05 Å². The van der Waals surface area contributed by atoms with Crippen molar-refractivity contribution in [3.63, 3.8) is 0 Å². The second kappa shape index (κ2) is 4.23. The molecule has 0 radical (unpaired) electrons. The highest BCUT2D eigenvalue weighted by Crippen LogP contribution is 2.78. The zero-order chi connectivity index (χ0) is 11.1. The Morgan fingerprint density at radius 1 is 1.40 bits per heavy atom. The third-order valence-electron chi connectivity index (χ3n) is 2.79. The molecule has 3 atom stereocenters. The number of thiol groups is 1. The van der Waals surface area contributed by atoms with Gasteiger partial charge in [0.2, 0.25) is 0 Å². The molecule has 1 heterocycles. The molecule has 5 heteroatoms. The monoisotopic (exact) mass is 262 g/mol. The maximum atomic E-state index is 6.24. The van der Waals surface area contributed by atoms with Gasteiger partial charge >= 0.3 is 6.19 Å². The summed E-state index contributed by atoms with van der Waals surface area (Å²) in [5, 5.41) is 0. The van der Waals surface area contributed by atoms with Crippen LogP contribution < -0.4 is 0 Å². The van der Waals surface area contributed by atoms with Crippen molar-refractivity contribution in [2.45, 2.75) is 19.1 Å². The molecule has 1 fully saturated rings. The zero-order valence-corrected chi connectivity index (χ0v) is 11.2. The van der Waals surface area contributed by atoms with E-state index in [1.165, 1.54) is 0 Å². The van der Waals surface area contributed by atoms with Gasteiger partial charge in [0.25, 0.3) is 0 Å². The Hall–Kier alpha value is 0.210. The average molecular weight is 263 g/mol. The molecule has 1 aliphatic heterocycles. The highest BCUT2D eigenvalue weighted by atomic mass is 35.7. The van der Waals surface area contributed by atoms with Crippen LogP contribution in [0.15, 0.2) is 30.3 Å². The summed E-state index contributed by atoms with van der Waals surface area (Å²) < 4.78 is 7.85. The topological polar surface area (TPSA) is 12.5 Å². The van der Waals surface area contributed by atoms with Crippen LogP contribution in [0, 0.1) is 0 Å². The summed E-state index contributed by atoms with van der Waals surface area (Å²) in [5.41, 5.74) is 1.16. The molecule has 0 aliphatic carbocycles. The molecule has 0 saturated carbocycles. The Morgan fingerprint density at radius 2 is 2.00 bits per heavy atom. The molecular weight excluding hydrogens is 249 g/mol. The largest absolute Gasteiger partial charge is 0.373 e. The number of benzene rings is 1. The minimum absolute atomic E-state index is 0.0273. The minimum Gasteiger partial charge on any atom is -0.178 e. The first-order valence-electron chi connectivity index (χ1n) is 4.80. The van der Waals surface area contributed by atoms with E-state index in [1.54, 1.807) is 0 Å². The highest BCUT2D eigenvalue weighted by molar-refractivity contribution is 8.59. The van der Waals surface area contributed by atoms with Crippen LogP contribution in [0.1, 0.15) is 18.6 Å². The van der Waals surface area contributed by atoms with Crippen LogP contribution in [-0.4, -0.2) is 17.8 Å². The van der Waals surface area contributed by atoms with Gasteiger partial charge in [-0.1, -0.05) is 30.3 Å². The fourth-order valence-electron chi connectivity index (χ4n) is 1.71. The Kier molecular flexibility index (Phi) is 3.30. The van der Waals surface area contributed by atoms with E-state index in [1.807, 2.05) is 29.9 Å². The van der Waals surface area contributed by atoms with Crippen molar-refractivity contribution in [2.24, 2.45) is 0 Å². The molecule has 2 rings (SSSR count). The number of hydrogen-bond donors (Lipinski definition) is 1. The normalized spacial score (nSPS) is 37.1. The van der Waals surface area contributed by atoms with Crippen LogP contribution in [0.2, 0.25) is 0 Å². The molecule has 82 valence electrons. The summed E-state index contributed by atoms with van der Waals surface area (Å²) in [4.78, 5) is 0. The first-order chi connectivity index (χ1) is 7.02. The summed E-state index contributed by atoms with van der Waals surface area (Å²) in [5.74, 6) is 0. The molecule has 1 aromatic rings. The molecule has 0 N–H and O–H groups in total. The molecule has 2 nitrogen and oxygen atoms in total. The van der Waals surface area contributed by atoms with E-state index in [0.29, 0.717) is 0 Å². The average Bonchev–Trinajstić information content (AvgIpc) is 2.44. The fraction of sp³-hybridized carbons (Fsp3) is 0.400. The second-order valence-corrected chi connectivity index (χ2v) is 9.22. The molecule has 1 unspecified atom stereocenters. The third-order valence-corrected chi connectivity index (χ3v) is 6.51. The van der Waals surface area contributed by atoms with Crippen LogP contribution in [0.5, 0.6) is 0 Å². The number of hydrogen-bond acceptors (Lipinski definition) is 3. The molecule has 1 aliphatic rings. The second-order valence-electron chi connectivity index (χ2n) is 3.72. The molecule has 15 heavy (non-hydrogen) atoms. The smallest absolute Gasteiger partial charge is 0.178 e. The van der Waals surface area contributed by atoms with Crippen molar-refractivity contribution in [1.82, 2.24) is 4.67 Å². The predicted octanol–water partition coefficient (Wildman–Crippen LogP) is 3.92. The van der Waals surface area contributed by atoms with Crippen LogP contribution in [0.3, 0.4) is 0 Å². The number of nitrogens with zero attached hydrogens (tertiary/aromatic N) is 1. The van der Waals surface area contributed by atoms with E-state index in [-0.39, 0.29) is 12.1 Å². The molecule has 0 aromatic heterocycles. The molecule has 0 bridgehead atoms. The zero-order valence-electron chi connectivity index (χ0n) is 8.67. The van der Waals surface area contributed by atoms with Crippen LogP contribution >= 0.6 is 29.7 Å². The van der Waals surface area contributed by atoms with Crippen molar-refractivity contribution in [3.05, 3.63) is 35.9 Å². The Morgan fingerprint density at radius 3 is 2.47 bits per heavy atom. The summed E-state index contributed by atoms with van der Waals surface area (Å²) in [6.07, 6.45) is -2.13. The van der Waals surface area contributed by atoms with E-state index < -0.39 is 6.19 Å². The SMILES string of the molecule is C[C@H]1[C@@H](c2ccccc2)O[P+](S)(Cl)N1C. The van der Waals surface area contributed by atoms with Gasteiger partial charge in [-0.2, -0.15) is 4.52 Å². The van der Waals surface area contributed by atoms with Crippen molar-refractivity contribution in [3.8, 4) is 0 Å². The van der Waals surface area contributed by atoms with E-state index in [0.717, 1.165) is 5.56 Å². The molecule has 1 saturated heterocycles. The fourth-order valence-corrected chi connectivity index (χ4v) is 4.48. The lowest BCUT2D eigenvalue weighted by atomic mass is 10.0. The lowest BCUT2D eigenvalue weighted by molar-refractivity contribution is 0.218. The molecule has 0 spiro atoms. The van der Waals surface area contributed by atoms with Crippen molar-refractivity contribution < 1.29 is 4.52 Å². The summed E-state index contributed by atoms with van der Waals surface area (Å²) in [6.45, 7) is 2.11. The first kappa shape index (κ1) is 11.7. The van der Waals surface area contributed by atoms with Gasteiger partial charge < -0.3 is 0 Å². The maximum absolute atomic E-state index is 6.24. The number of halogens is 1. The van der Waals surface area contributed by atoms with Crippen molar-refractivity contribution >= 4 is 29.7 Å². The standard InChI is InChI=1S/C10H14ClNOPS/c1-8-10(9-6-4-3-5-7-9)13-14(11,15)12(8)2/h3-8,10,15H,1-2H3/q+1/t8-,10-,14?/m0/s1. The minimum atomic E-state index is -2.16. The van der Waals surface area contributed by atoms with Gasteiger partial charge in [0.1, 0.15) is 0 Å². The van der Waals surface area contributed by atoms with Gasteiger partial charge in [-0.05, 0) is 12.5 Å². The van der Waals surface area contributed by atoms with Gasteiger partial charge in [-0.15, -0.1) is 4.67 Å².